The molecule has 4 heteroatoms. The zero-order valence-corrected chi connectivity index (χ0v) is 14.8. The molecule has 1 aliphatic carbocycles. The molecule has 1 atom stereocenters. The van der Waals surface area contributed by atoms with E-state index in [-0.39, 0.29) is 6.03 Å². The van der Waals surface area contributed by atoms with Gasteiger partial charge in [0.2, 0.25) is 0 Å². The van der Waals surface area contributed by atoms with Crippen LogP contribution >= 0.6 is 0 Å². The molecular weight excluding hydrogens is 300 g/mol. The fourth-order valence-corrected chi connectivity index (χ4v) is 3.99. The van der Waals surface area contributed by atoms with E-state index in [0.717, 1.165) is 44.5 Å². The molecule has 1 aromatic rings. The number of carbonyl (C=O) groups excluding carboxylic acids is 1. The van der Waals surface area contributed by atoms with Crippen LogP contribution in [0.1, 0.15) is 62.8 Å². The number of nitrogens with one attached hydrogen (secondary N) is 1. The molecule has 0 spiro atoms. The zero-order valence-electron chi connectivity index (χ0n) is 14.8. The minimum Gasteiger partial charge on any atom is -0.497 e. The Hall–Kier alpha value is -1.71. The van der Waals surface area contributed by atoms with Crippen molar-refractivity contribution in [1.82, 2.24) is 10.2 Å². The monoisotopic (exact) mass is 330 g/mol. The van der Waals surface area contributed by atoms with Crippen LogP contribution in [0, 0.1) is 0 Å². The second-order valence-electron chi connectivity index (χ2n) is 7.20. The third-order valence-corrected chi connectivity index (χ3v) is 5.48. The highest BCUT2D eigenvalue weighted by Gasteiger charge is 2.25. The van der Waals surface area contributed by atoms with Crippen molar-refractivity contribution in [3.8, 4) is 5.75 Å². The van der Waals surface area contributed by atoms with Crippen LogP contribution in [0.5, 0.6) is 5.75 Å². The van der Waals surface area contributed by atoms with E-state index < -0.39 is 0 Å². The fraction of sp³-hybridized carbons (Fsp3) is 0.650. The van der Waals surface area contributed by atoms with Gasteiger partial charge in [-0.2, -0.15) is 0 Å². The molecule has 1 heterocycles. The Bertz CT molecular complexity index is 523. The summed E-state index contributed by atoms with van der Waals surface area (Å²) < 4.78 is 5.25. The molecule has 0 aromatic heterocycles. The molecule has 2 fully saturated rings. The van der Waals surface area contributed by atoms with Crippen LogP contribution in [0.4, 0.5) is 4.79 Å². The molecule has 1 saturated heterocycles. The van der Waals surface area contributed by atoms with E-state index in [2.05, 4.69) is 17.4 Å². The number of urea groups is 1. The van der Waals surface area contributed by atoms with Gasteiger partial charge in [-0.05, 0) is 43.4 Å². The maximum absolute atomic E-state index is 12.7. The van der Waals surface area contributed by atoms with Gasteiger partial charge in [0, 0.05) is 25.0 Å². The number of hydrogen-bond acceptors (Lipinski definition) is 2. The SMILES string of the molecule is COc1ccc(C2CCCCN(C(=O)NC3CCCCC3)C2)cc1. The van der Waals surface area contributed by atoms with Crippen LogP contribution < -0.4 is 10.1 Å². The number of ether oxygens (including phenoxy) is 1. The van der Waals surface area contributed by atoms with Crippen molar-refractivity contribution in [2.24, 2.45) is 0 Å². The van der Waals surface area contributed by atoms with Gasteiger partial charge in [0.25, 0.3) is 0 Å². The lowest BCUT2D eigenvalue weighted by atomic mass is 9.94. The molecule has 0 bridgehead atoms. The highest BCUT2D eigenvalue weighted by molar-refractivity contribution is 5.74. The molecule has 1 N–H and O–H groups in total. The van der Waals surface area contributed by atoms with Gasteiger partial charge in [0.15, 0.2) is 0 Å². The number of hydrogen-bond donors (Lipinski definition) is 1. The lowest BCUT2D eigenvalue weighted by Gasteiger charge is -2.29. The van der Waals surface area contributed by atoms with Crippen molar-refractivity contribution in [1.29, 1.82) is 0 Å². The third kappa shape index (κ3) is 4.43. The number of nitrogens with zero attached hydrogens (tertiary/aromatic N) is 1. The summed E-state index contributed by atoms with van der Waals surface area (Å²) in [6.45, 7) is 1.70. The predicted molar refractivity (Wildman–Crippen MR) is 96.6 cm³/mol. The van der Waals surface area contributed by atoms with Crippen molar-refractivity contribution in [3.05, 3.63) is 29.8 Å². The largest absolute Gasteiger partial charge is 0.497 e. The third-order valence-electron chi connectivity index (χ3n) is 5.48. The normalized spacial score (nSPS) is 22.7. The second-order valence-corrected chi connectivity index (χ2v) is 7.20. The first-order chi connectivity index (χ1) is 11.8. The van der Waals surface area contributed by atoms with Crippen LogP contribution in [0.3, 0.4) is 0 Å². The summed E-state index contributed by atoms with van der Waals surface area (Å²) in [6.07, 6.45) is 9.53. The van der Waals surface area contributed by atoms with Gasteiger partial charge in [-0.3, -0.25) is 0 Å². The standard InChI is InChI=1S/C20H30N2O2/c1-24-19-12-10-16(11-13-19)17-7-5-6-14-22(15-17)20(23)21-18-8-3-2-4-9-18/h10-13,17-18H,2-9,14-15H2,1H3,(H,21,23). The summed E-state index contributed by atoms with van der Waals surface area (Å²) >= 11 is 0. The molecule has 3 rings (SSSR count). The lowest BCUT2D eigenvalue weighted by molar-refractivity contribution is 0.189. The van der Waals surface area contributed by atoms with Gasteiger partial charge < -0.3 is 15.0 Å². The molecule has 0 radical (unpaired) electrons. The van der Waals surface area contributed by atoms with Gasteiger partial charge in [-0.1, -0.05) is 37.8 Å². The summed E-state index contributed by atoms with van der Waals surface area (Å²) in [7, 11) is 1.69. The maximum Gasteiger partial charge on any atom is 0.317 e. The molecule has 1 aliphatic heterocycles. The van der Waals surface area contributed by atoms with E-state index in [0.29, 0.717) is 12.0 Å². The van der Waals surface area contributed by atoms with E-state index >= 15 is 0 Å². The Kier molecular flexibility index (Phi) is 6.00. The van der Waals surface area contributed by atoms with Crippen LogP contribution in [0.2, 0.25) is 0 Å². The first-order valence-corrected chi connectivity index (χ1v) is 9.45. The van der Waals surface area contributed by atoms with Gasteiger partial charge in [0.1, 0.15) is 5.75 Å². The smallest absolute Gasteiger partial charge is 0.317 e. The summed E-state index contributed by atoms with van der Waals surface area (Å²) in [5.41, 5.74) is 1.31. The Balaban J connectivity index is 1.61. The van der Waals surface area contributed by atoms with Crippen molar-refractivity contribution >= 4 is 6.03 Å². The molecule has 1 aromatic carbocycles. The maximum atomic E-state index is 12.7. The van der Waals surface area contributed by atoms with Gasteiger partial charge >= 0.3 is 6.03 Å². The Labute approximate surface area is 145 Å². The number of carbonyl (C=O) groups is 1. The summed E-state index contributed by atoms with van der Waals surface area (Å²) in [4.78, 5) is 14.7. The molecule has 2 amide bonds. The molecule has 2 aliphatic rings. The summed E-state index contributed by atoms with van der Waals surface area (Å²) in [5.74, 6) is 1.31. The van der Waals surface area contributed by atoms with Crippen LogP contribution in [-0.4, -0.2) is 37.2 Å². The van der Waals surface area contributed by atoms with E-state index in [1.54, 1.807) is 7.11 Å². The minimum atomic E-state index is 0.141. The van der Waals surface area contributed by atoms with Crippen molar-refractivity contribution in [3.63, 3.8) is 0 Å². The van der Waals surface area contributed by atoms with E-state index in [4.69, 9.17) is 4.74 Å². The number of amides is 2. The van der Waals surface area contributed by atoms with Crippen LogP contribution in [0.25, 0.3) is 0 Å². The minimum absolute atomic E-state index is 0.141. The summed E-state index contributed by atoms with van der Waals surface area (Å²) in [6, 6.07) is 8.86. The quantitative estimate of drug-likeness (QED) is 0.897. The van der Waals surface area contributed by atoms with Gasteiger partial charge in [-0.25, -0.2) is 4.79 Å². The highest BCUT2D eigenvalue weighted by Crippen LogP contribution is 2.28. The first kappa shape index (κ1) is 17.1. The van der Waals surface area contributed by atoms with Gasteiger partial charge in [-0.15, -0.1) is 0 Å². The molecule has 1 unspecified atom stereocenters. The molecule has 1 saturated carbocycles. The Morgan fingerprint density at radius 2 is 1.75 bits per heavy atom. The number of rotatable bonds is 3. The van der Waals surface area contributed by atoms with E-state index in [1.165, 1.54) is 31.2 Å². The summed E-state index contributed by atoms with van der Waals surface area (Å²) in [5, 5.41) is 3.27. The molecular formula is C20H30N2O2. The van der Waals surface area contributed by atoms with Crippen LogP contribution in [0.15, 0.2) is 24.3 Å². The van der Waals surface area contributed by atoms with Crippen LogP contribution in [-0.2, 0) is 0 Å². The first-order valence-electron chi connectivity index (χ1n) is 9.45. The van der Waals surface area contributed by atoms with Crippen molar-refractivity contribution < 1.29 is 9.53 Å². The Morgan fingerprint density at radius 3 is 2.46 bits per heavy atom. The molecule has 132 valence electrons. The Morgan fingerprint density at radius 1 is 1.04 bits per heavy atom. The van der Waals surface area contributed by atoms with Gasteiger partial charge in [0.05, 0.1) is 7.11 Å². The zero-order chi connectivity index (χ0) is 16.8. The molecule has 4 nitrogen and oxygen atoms in total. The fourth-order valence-electron chi connectivity index (χ4n) is 3.99. The number of benzene rings is 1. The van der Waals surface area contributed by atoms with Crippen molar-refractivity contribution in [2.75, 3.05) is 20.2 Å². The second kappa shape index (κ2) is 8.41. The number of methoxy groups -OCH3 is 1. The topological polar surface area (TPSA) is 41.6 Å². The predicted octanol–water partition coefficient (Wildman–Crippen LogP) is 4.31. The average Bonchev–Trinajstić information content (AvgIpc) is 2.89. The highest BCUT2D eigenvalue weighted by atomic mass is 16.5. The van der Waals surface area contributed by atoms with Crippen molar-refractivity contribution in [2.45, 2.75) is 63.3 Å². The number of likely N-dealkylation sites (tertiary alicyclic amines) is 1. The average molecular weight is 330 g/mol. The van der Waals surface area contributed by atoms with E-state index in [9.17, 15) is 4.79 Å². The molecule has 24 heavy (non-hydrogen) atoms. The lowest BCUT2D eigenvalue weighted by Crippen LogP contribution is -2.46. The van der Waals surface area contributed by atoms with E-state index in [1.807, 2.05) is 17.0 Å².